The SMILES string of the molecule is CC(C)N1CC(N2CC(N(C)C)C2)CC1(C)C. The number of likely N-dealkylation sites (N-methyl/N-ethyl adjacent to an activating group) is 1. The maximum Gasteiger partial charge on any atom is 0.0344 e. The van der Waals surface area contributed by atoms with Crippen molar-refractivity contribution in [2.45, 2.75) is 57.8 Å². The summed E-state index contributed by atoms with van der Waals surface area (Å²) in [5.41, 5.74) is 0.377. The quantitative estimate of drug-likeness (QED) is 0.739. The molecule has 0 spiro atoms. The molecule has 0 aromatic heterocycles. The maximum absolute atomic E-state index is 2.68. The molecule has 0 aromatic carbocycles. The standard InChI is InChI=1S/C14H29N3/c1-11(2)17-10-12(7-14(17,3)4)16-8-13(9-16)15(5)6/h11-13H,7-10H2,1-6H3. The Morgan fingerprint density at radius 2 is 1.71 bits per heavy atom. The largest absolute Gasteiger partial charge is 0.304 e. The number of likely N-dealkylation sites (tertiary alicyclic amines) is 2. The van der Waals surface area contributed by atoms with Gasteiger partial charge >= 0.3 is 0 Å². The number of rotatable bonds is 3. The molecular formula is C14H29N3. The van der Waals surface area contributed by atoms with Crippen molar-refractivity contribution in [3.63, 3.8) is 0 Å². The van der Waals surface area contributed by atoms with Gasteiger partial charge in [-0.1, -0.05) is 0 Å². The predicted octanol–water partition coefficient (Wildman–Crippen LogP) is 1.49. The second-order valence-electron chi connectivity index (χ2n) is 6.99. The molecule has 3 nitrogen and oxygen atoms in total. The van der Waals surface area contributed by atoms with Crippen LogP contribution in [0.1, 0.15) is 34.1 Å². The van der Waals surface area contributed by atoms with Crippen LogP contribution < -0.4 is 0 Å². The van der Waals surface area contributed by atoms with Crippen LogP contribution >= 0.6 is 0 Å². The Hall–Kier alpha value is -0.120. The lowest BCUT2D eigenvalue weighted by molar-refractivity contribution is 0.0291. The van der Waals surface area contributed by atoms with Gasteiger partial charge in [-0.3, -0.25) is 9.80 Å². The van der Waals surface area contributed by atoms with Crippen LogP contribution in [0.3, 0.4) is 0 Å². The fraction of sp³-hybridized carbons (Fsp3) is 1.00. The van der Waals surface area contributed by atoms with E-state index in [4.69, 9.17) is 0 Å². The molecule has 0 bridgehead atoms. The molecule has 0 aliphatic carbocycles. The van der Waals surface area contributed by atoms with E-state index in [0.717, 1.165) is 12.1 Å². The first-order valence-electron chi connectivity index (χ1n) is 6.98. The number of hydrogen-bond acceptors (Lipinski definition) is 3. The van der Waals surface area contributed by atoms with Crippen molar-refractivity contribution in [1.82, 2.24) is 14.7 Å². The van der Waals surface area contributed by atoms with Crippen LogP contribution in [0.25, 0.3) is 0 Å². The van der Waals surface area contributed by atoms with Gasteiger partial charge in [-0.25, -0.2) is 0 Å². The van der Waals surface area contributed by atoms with Gasteiger partial charge in [0, 0.05) is 43.3 Å². The van der Waals surface area contributed by atoms with E-state index in [1.165, 1.54) is 26.1 Å². The Balaban J connectivity index is 1.90. The third kappa shape index (κ3) is 2.51. The minimum absolute atomic E-state index is 0.377. The summed E-state index contributed by atoms with van der Waals surface area (Å²) in [4.78, 5) is 7.70. The molecule has 0 saturated carbocycles. The number of hydrogen-bond donors (Lipinski definition) is 0. The summed E-state index contributed by atoms with van der Waals surface area (Å²) in [7, 11) is 4.39. The summed E-state index contributed by atoms with van der Waals surface area (Å²) in [5, 5.41) is 0. The molecule has 1 unspecified atom stereocenters. The van der Waals surface area contributed by atoms with Gasteiger partial charge < -0.3 is 4.90 Å². The molecular weight excluding hydrogens is 210 g/mol. The lowest BCUT2D eigenvalue weighted by Gasteiger charge is -2.46. The van der Waals surface area contributed by atoms with E-state index >= 15 is 0 Å². The van der Waals surface area contributed by atoms with Gasteiger partial charge in [0.25, 0.3) is 0 Å². The van der Waals surface area contributed by atoms with Gasteiger partial charge in [0.15, 0.2) is 0 Å². The van der Waals surface area contributed by atoms with E-state index in [9.17, 15) is 0 Å². The highest BCUT2D eigenvalue weighted by molar-refractivity contribution is 5.02. The fourth-order valence-electron chi connectivity index (χ4n) is 3.50. The molecule has 0 amide bonds. The van der Waals surface area contributed by atoms with E-state index < -0.39 is 0 Å². The summed E-state index contributed by atoms with van der Waals surface area (Å²) < 4.78 is 0. The molecule has 0 radical (unpaired) electrons. The van der Waals surface area contributed by atoms with Crippen LogP contribution in [0.2, 0.25) is 0 Å². The van der Waals surface area contributed by atoms with Crippen LogP contribution in [0.5, 0.6) is 0 Å². The van der Waals surface area contributed by atoms with E-state index in [2.05, 4.69) is 56.5 Å². The molecule has 2 fully saturated rings. The van der Waals surface area contributed by atoms with E-state index in [0.29, 0.717) is 11.6 Å². The fourth-order valence-corrected chi connectivity index (χ4v) is 3.50. The van der Waals surface area contributed by atoms with Crippen LogP contribution in [0.15, 0.2) is 0 Å². The third-order valence-electron chi connectivity index (χ3n) is 4.68. The Morgan fingerprint density at radius 1 is 1.12 bits per heavy atom. The molecule has 3 heteroatoms. The van der Waals surface area contributed by atoms with E-state index in [1.807, 2.05) is 0 Å². The second kappa shape index (κ2) is 4.52. The minimum atomic E-state index is 0.377. The summed E-state index contributed by atoms with van der Waals surface area (Å²) in [5.74, 6) is 0. The highest BCUT2D eigenvalue weighted by Gasteiger charge is 2.44. The van der Waals surface area contributed by atoms with Gasteiger partial charge in [0.1, 0.15) is 0 Å². The van der Waals surface area contributed by atoms with Crippen molar-refractivity contribution in [2.75, 3.05) is 33.7 Å². The average Bonchev–Trinajstić information content (AvgIpc) is 2.37. The molecule has 2 saturated heterocycles. The maximum atomic E-state index is 2.68. The highest BCUT2D eigenvalue weighted by Crippen LogP contribution is 2.34. The zero-order valence-electron chi connectivity index (χ0n) is 12.4. The molecule has 1 atom stereocenters. The Morgan fingerprint density at radius 3 is 2.12 bits per heavy atom. The molecule has 2 aliphatic rings. The van der Waals surface area contributed by atoms with Crippen molar-refractivity contribution in [3.8, 4) is 0 Å². The van der Waals surface area contributed by atoms with Crippen LogP contribution in [-0.2, 0) is 0 Å². The zero-order chi connectivity index (χ0) is 12.8. The summed E-state index contributed by atoms with van der Waals surface area (Å²) in [6.45, 7) is 13.2. The molecule has 0 aromatic rings. The van der Waals surface area contributed by atoms with Gasteiger partial charge in [-0.05, 0) is 48.2 Å². The smallest absolute Gasteiger partial charge is 0.0344 e. The van der Waals surface area contributed by atoms with Crippen molar-refractivity contribution >= 4 is 0 Å². The van der Waals surface area contributed by atoms with E-state index in [1.54, 1.807) is 0 Å². The Kier molecular flexibility index (Phi) is 3.54. The Labute approximate surface area is 107 Å². The molecule has 0 N–H and O–H groups in total. The third-order valence-corrected chi connectivity index (χ3v) is 4.68. The van der Waals surface area contributed by atoms with Gasteiger partial charge in [0.2, 0.25) is 0 Å². The first-order chi connectivity index (χ1) is 7.81. The lowest BCUT2D eigenvalue weighted by Crippen LogP contribution is -2.61. The first kappa shape index (κ1) is 13.3. The van der Waals surface area contributed by atoms with Crippen LogP contribution in [0, 0.1) is 0 Å². The van der Waals surface area contributed by atoms with Gasteiger partial charge in [-0.15, -0.1) is 0 Å². The van der Waals surface area contributed by atoms with Crippen LogP contribution in [0.4, 0.5) is 0 Å². The van der Waals surface area contributed by atoms with Crippen molar-refractivity contribution < 1.29 is 0 Å². The monoisotopic (exact) mass is 239 g/mol. The predicted molar refractivity (Wildman–Crippen MR) is 73.4 cm³/mol. The topological polar surface area (TPSA) is 9.72 Å². The second-order valence-corrected chi connectivity index (χ2v) is 6.99. The molecule has 100 valence electrons. The lowest BCUT2D eigenvalue weighted by atomic mass is 9.96. The molecule has 2 heterocycles. The number of nitrogens with zero attached hydrogens (tertiary/aromatic N) is 3. The Bertz CT molecular complexity index is 267. The average molecular weight is 239 g/mol. The summed E-state index contributed by atoms with van der Waals surface area (Å²) >= 11 is 0. The van der Waals surface area contributed by atoms with Gasteiger partial charge in [-0.2, -0.15) is 0 Å². The molecule has 2 rings (SSSR count). The molecule has 2 aliphatic heterocycles. The summed E-state index contributed by atoms with van der Waals surface area (Å²) in [6.07, 6.45) is 1.32. The highest BCUT2D eigenvalue weighted by atomic mass is 15.4. The normalized spacial score (nSPS) is 31.4. The van der Waals surface area contributed by atoms with Gasteiger partial charge in [0.05, 0.1) is 0 Å². The van der Waals surface area contributed by atoms with E-state index in [-0.39, 0.29) is 0 Å². The first-order valence-corrected chi connectivity index (χ1v) is 6.98. The zero-order valence-corrected chi connectivity index (χ0v) is 12.4. The van der Waals surface area contributed by atoms with Crippen molar-refractivity contribution in [3.05, 3.63) is 0 Å². The van der Waals surface area contributed by atoms with Crippen LogP contribution in [-0.4, -0.2) is 72.1 Å². The summed E-state index contributed by atoms with van der Waals surface area (Å²) in [6, 6.07) is 2.23. The van der Waals surface area contributed by atoms with Crippen molar-refractivity contribution in [2.24, 2.45) is 0 Å². The molecule has 17 heavy (non-hydrogen) atoms. The minimum Gasteiger partial charge on any atom is -0.304 e. The van der Waals surface area contributed by atoms with Crippen molar-refractivity contribution in [1.29, 1.82) is 0 Å².